The molecule has 0 N–H and O–H groups in total. The summed E-state index contributed by atoms with van der Waals surface area (Å²) in [5.74, 6) is -2.92. The molecule has 1 saturated heterocycles. The van der Waals surface area contributed by atoms with E-state index in [0.717, 1.165) is 6.42 Å². The molecule has 108 valence electrons. The van der Waals surface area contributed by atoms with Crippen molar-refractivity contribution < 1.29 is 18.5 Å². The molecule has 5 nitrogen and oxygen atoms in total. The second-order valence-electron chi connectivity index (χ2n) is 5.68. The molecule has 0 unspecified atom stereocenters. The van der Waals surface area contributed by atoms with Crippen LogP contribution in [0.3, 0.4) is 0 Å². The number of nitro benzene ring substituents is 1. The number of benzene rings is 1. The molecule has 1 aliphatic rings. The Morgan fingerprint density at radius 3 is 2.50 bits per heavy atom. The van der Waals surface area contributed by atoms with E-state index in [-0.39, 0.29) is 5.41 Å². The van der Waals surface area contributed by atoms with Crippen LogP contribution in [0.15, 0.2) is 12.1 Å². The highest BCUT2D eigenvalue weighted by Crippen LogP contribution is 2.31. The Labute approximate surface area is 114 Å². The Morgan fingerprint density at radius 2 is 2.00 bits per heavy atom. The average molecular weight is 284 g/mol. The zero-order chi connectivity index (χ0) is 15.1. The van der Waals surface area contributed by atoms with Crippen LogP contribution in [-0.2, 0) is 0 Å². The molecule has 1 amide bonds. The van der Waals surface area contributed by atoms with Gasteiger partial charge >= 0.3 is 5.69 Å². The molecule has 7 heteroatoms. The molecular formula is C13H14F2N2O3. The predicted molar refractivity (Wildman–Crippen MR) is 67.3 cm³/mol. The number of rotatable bonds is 2. The van der Waals surface area contributed by atoms with Crippen LogP contribution in [0.1, 0.15) is 30.6 Å². The summed E-state index contributed by atoms with van der Waals surface area (Å²) in [7, 11) is 0. The zero-order valence-electron chi connectivity index (χ0n) is 11.2. The molecule has 1 aromatic carbocycles. The molecule has 0 bridgehead atoms. The van der Waals surface area contributed by atoms with Gasteiger partial charge in [0.25, 0.3) is 5.91 Å². The maximum atomic E-state index is 13.8. The van der Waals surface area contributed by atoms with Gasteiger partial charge in [-0.15, -0.1) is 0 Å². The van der Waals surface area contributed by atoms with E-state index < -0.39 is 33.7 Å². The first-order chi connectivity index (χ1) is 9.21. The Balaban J connectivity index is 2.32. The van der Waals surface area contributed by atoms with E-state index in [1.165, 1.54) is 4.90 Å². The molecule has 20 heavy (non-hydrogen) atoms. The minimum atomic E-state index is -1.21. The molecule has 2 rings (SSSR count). The van der Waals surface area contributed by atoms with Gasteiger partial charge in [-0.05, 0) is 17.9 Å². The smallest absolute Gasteiger partial charge is 0.307 e. The molecule has 1 fully saturated rings. The van der Waals surface area contributed by atoms with E-state index in [1.54, 1.807) is 0 Å². The first-order valence-corrected chi connectivity index (χ1v) is 6.14. The number of halogens is 2. The lowest BCUT2D eigenvalue weighted by Crippen LogP contribution is -2.31. The van der Waals surface area contributed by atoms with E-state index in [9.17, 15) is 23.7 Å². The molecule has 0 spiro atoms. The lowest BCUT2D eigenvalue weighted by Gasteiger charge is -2.20. The average Bonchev–Trinajstić information content (AvgIpc) is 2.71. The Bertz CT molecular complexity index is 587. The molecule has 0 aliphatic carbocycles. The van der Waals surface area contributed by atoms with Crippen molar-refractivity contribution in [2.75, 3.05) is 13.1 Å². The minimum Gasteiger partial charge on any atom is -0.338 e. The van der Waals surface area contributed by atoms with Crippen LogP contribution < -0.4 is 0 Å². The predicted octanol–water partition coefficient (Wildman–Crippen LogP) is 2.75. The zero-order valence-corrected chi connectivity index (χ0v) is 11.2. The summed E-state index contributed by atoms with van der Waals surface area (Å²) in [6, 6.07) is 1.05. The van der Waals surface area contributed by atoms with Crippen LogP contribution in [0.2, 0.25) is 0 Å². The summed E-state index contributed by atoms with van der Waals surface area (Å²) in [5.41, 5.74) is -1.50. The van der Waals surface area contributed by atoms with Crippen molar-refractivity contribution >= 4 is 11.6 Å². The highest BCUT2D eigenvalue weighted by molar-refractivity contribution is 5.95. The van der Waals surface area contributed by atoms with Gasteiger partial charge < -0.3 is 4.90 Å². The Kier molecular flexibility index (Phi) is 3.45. The SMILES string of the molecule is CC1(C)CCN(C(=O)c2cc(F)c([N+](=O)[O-])cc2F)C1. The van der Waals surface area contributed by atoms with Crippen LogP contribution in [0.5, 0.6) is 0 Å². The van der Waals surface area contributed by atoms with Gasteiger partial charge in [-0.25, -0.2) is 4.39 Å². The van der Waals surface area contributed by atoms with Gasteiger partial charge in [0, 0.05) is 13.1 Å². The monoisotopic (exact) mass is 284 g/mol. The number of hydrogen-bond acceptors (Lipinski definition) is 3. The van der Waals surface area contributed by atoms with Crippen molar-refractivity contribution in [1.82, 2.24) is 4.90 Å². The van der Waals surface area contributed by atoms with E-state index >= 15 is 0 Å². The molecule has 0 aromatic heterocycles. The number of amides is 1. The van der Waals surface area contributed by atoms with Gasteiger partial charge in [0.05, 0.1) is 16.6 Å². The quantitative estimate of drug-likeness (QED) is 0.619. The Hall–Kier alpha value is -2.05. The number of carbonyl (C=O) groups is 1. The van der Waals surface area contributed by atoms with Gasteiger partial charge in [0.1, 0.15) is 5.82 Å². The van der Waals surface area contributed by atoms with Crippen LogP contribution >= 0.6 is 0 Å². The lowest BCUT2D eigenvalue weighted by molar-refractivity contribution is -0.387. The molecule has 1 aliphatic heterocycles. The standard InChI is InChI=1S/C13H14F2N2O3/c1-13(2)3-4-16(7-13)12(18)8-5-10(15)11(17(19)20)6-9(8)14/h5-6H,3-4,7H2,1-2H3. The van der Waals surface area contributed by atoms with Crippen molar-refractivity contribution in [2.24, 2.45) is 5.41 Å². The van der Waals surface area contributed by atoms with Gasteiger partial charge in [-0.3, -0.25) is 14.9 Å². The fourth-order valence-corrected chi connectivity index (χ4v) is 2.30. The third kappa shape index (κ3) is 2.61. The second-order valence-corrected chi connectivity index (χ2v) is 5.68. The van der Waals surface area contributed by atoms with Gasteiger partial charge in [0.15, 0.2) is 0 Å². The van der Waals surface area contributed by atoms with Crippen LogP contribution in [-0.4, -0.2) is 28.8 Å². The first-order valence-electron chi connectivity index (χ1n) is 6.14. The van der Waals surface area contributed by atoms with Crippen molar-refractivity contribution in [3.05, 3.63) is 39.4 Å². The first kappa shape index (κ1) is 14.4. The highest BCUT2D eigenvalue weighted by atomic mass is 19.1. The Morgan fingerprint density at radius 1 is 1.35 bits per heavy atom. The number of hydrogen-bond donors (Lipinski definition) is 0. The fourth-order valence-electron chi connectivity index (χ4n) is 2.30. The molecule has 0 radical (unpaired) electrons. The van der Waals surface area contributed by atoms with Crippen molar-refractivity contribution in [3.8, 4) is 0 Å². The maximum Gasteiger partial charge on any atom is 0.307 e. The number of carbonyl (C=O) groups excluding carboxylic acids is 1. The van der Waals surface area contributed by atoms with Crippen molar-refractivity contribution in [2.45, 2.75) is 20.3 Å². The van der Waals surface area contributed by atoms with Gasteiger partial charge in [-0.2, -0.15) is 4.39 Å². The summed E-state index contributed by atoms with van der Waals surface area (Å²) in [4.78, 5) is 23.1. The summed E-state index contributed by atoms with van der Waals surface area (Å²) < 4.78 is 27.3. The highest BCUT2D eigenvalue weighted by Gasteiger charge is 2.34. The molecule has 0 saturated carbocycles. The normalized spacial score (nSPS) is 17.3. The third-order valence-corrected chi connectivity index (χ3v) is 3.43. The van der Waals surface area contributed by atoms with E-state index in [0.29, 0.717) is 25.2 Å². The van der Waals surface area contributed by atoms with Crippen LogP contribution in [0.4, 0.5) is 14.5 Å². The lowest BCUT2D eigenvalue weighted by atomic mass is 9.93. The fraction of sp³-hybridized carbons (Fsp3) is 0.462. The van der Waals surface area contributed by atoms with Gasteiger partial charge in [-0.1, -0.05) is 13.8 Å². The molecule has 1 heterocycles. The van der Waals surface area contributed by atoms with Crippen molar-refractivity contribution in [3.63, 3.8) is 0 Å². The molecule has 0 atom stereocenters. The summed E-state index contributed by atoms with van der Waals surface area (Å²) >= 11 is 0. The summed E-state index contributed by atoms with van der Waals surface area (Å²) in [6.07, 6.45) is 0.774. The van der Waals surface area contributed by atoms with E-state index in [1.807, 2.05) is 13.8 Å². The summed E-state index contributed by atoms with van der Waals surface area (Å²) in [5, 5.41) is 10.5. The largest absolute Gasteiger partial charge is 0.338 e. The van der Waals surface area contributed by atoms with Crippen LogP contribution in [0, 0.1) is 27.2 Å². The summed E-state index contributed by atoms with van der Waals surface area (Å²) in [6.45, 7) is 4.87. The van der Waals surface area contributed by atoms with Crippen LogP contribution in [0.25, 0.3) is 0 Å². The number of nitro groups is 1. The maximum absolute atomic E-state index is 13.8. The minimum absolute atomic E-state index is 0.0640. The van der Waals surface area contributed by atoms with E-state index in [2.05, 4.69) is 0 Å². The van der Waals surface area contributed by atoms with Gasteiger partial charge in [0.2, 0.25) is 5.82 Å². The second kappa shape index (κ2) is 4.81. The number of likely N-dealkylation sites (tertiary alicyclic amines) is 1. The topological polar surface area (TPSA) is 63.5 Å². The molecule has 1 aromatic rings. The molecular weight excluding hydrogens is 270 g/mol. The van der Waals surface area contributed by atoms with Crippen molar-refractivity contribution in [1.29, 1.82) is 0 Å². The van der Waals surface area contributed by atoms with E-state index in [4.69, 9.17) is 0 Å². The third-order valence-electron chi connectivity index (χ3n) is 3.43. The number of nitrogens with zero attached hydrogens (tertiary/aromatic N) is 2.